The predicted molar refractivity (Wildman–Crippen MR) is 77.6 cm³/mol. The summed E-state index contributed by atoms with van der Waals surface area (Å²) in [5.41, 5.74) is 0.823. The molecule has 2 amide bonds. The molecule has 2 saturated heterocycles. The Morgan fingerprint density at radius 1 is 1.33 bits per heavy atom. The van der Waals surface area contributed by atoms with Crippen molar-refractivity contribution in [2.45, 2.75) is 25.7 Å². The molecule has 0 radical (unpaired) electrons. The number of carbonyl (C=O) groups excluding carboxylic acids is 2. The molecular formula is C16H19N3O2. The predicted octanol–water partition coefficient (Wildman–Crippen LogP) is 1.45. The molecule has 4 rings (SSSR count). The van der Waals surface area contributed by atoms with Crippen LogP contribution in [0.1, 0.15) is 25.7 Å². The van der Waals surface area contributed by atoms with E-state index in [9.17, 15) is 9.59 Å². The zero-order valence-corrected chi connectivity index (χ0v) is 12.0. The van der Waals surface area contributed by atoms with Crippen molar-refractivity contribution < 1.29 is 9.59 Å². The molecule has 0 N–H and O–H groups in total. The van der Waals surface area contributed by atoms with E-state index in [-0.39, 0.29) is 17.2 Å². The Morgan fingerprint density at radius 2 is 2.19 bits per heavy atom. The molecule has 0 bridgehead atoms. The summed E-state index contributed by atoms with van der Waals surface area (Å²) in [6.07, 6.45) is 7.03. The first kappa shape index (κ1) is 12.8. The number of aromatic nitrogens is 1. The molecule has 3 aliphatic rings. The Labute approximate surface area is 123 Å². The number of amides is 2. The lowest BCUT2D eigenvalue weighted by Gasteiger charge is -2.24. The number of likely N-dealkylation sites (tertiary alicyclic amines) is 1. The molecule has 0 aromatic carbocycles. The maximum atomic E-state index is 12.4. The topological polar surface area (TPSA) is 53.5 Å². The third-order valence-corrected chi connectivity index (χ3v) is 4.95. The van der Waals surface area contributed by atoms with Gasteiger partial charge in [-0.3, -0.25) is 14.6 Å². The number of rotatable bonds is 2. The van der Waals surface area contributed by atoms with E-state index in [1.165, 1.54) is 0 Å². The Morgan fingerprint density at radius 3 is 2.90 bits per heavy atom. The van der Waals surface area contributed by atoms with Gasteiger partial charge in [0.2, 0.25) is 11.8 Å². The highest BCUT2D eigenvalue weighted by molar-refractivity contribution is 5.96. The Kier molecular flexibility index (Phi) is 2.77. The first-order valence-corrected chi connectivity index (χ1v) is 7.66. The molecule has 110 valence electrons. The fraction of sp³-hybridized carbons (Fsp3) is 0.562. The minimum Gasteiger partial charge on any atom is -0.342 e. The van der Waals surface area contributed by atoms with Gasteiger partial charge in [-0.05, 0) is 31.4 Å². The smallest absolute Gasteiger partial charge is 0.227 e. The normalized spacial score (nSPS) is 28.7. The van der Waals surface area contributed by atoms with Crippen LogP contribution < -0.4 is 4.90 Å². The molecule has 5 heteroatoms. The van der Waals surface area contributed by atoms with E-state index in [4.69, 9.17) is 0 Å². The molecule has 1 spiro atoms. The molecular weight excluding hydrogens is 266 g/mol. The molecule has 3 fully saturated rings. The van der Waals surface area contributed by atoms with E-state index in [1.807, 2.05) is 21.9 Å². The average molecular weight is 285 g/mol. The Hall–Kier alpha value is -1.91. The second-order valence-corrected chi connectivity index (χ2v) is 6.65. The van der Waals surface area contributed by atoms with E-state index in [0.717, 1.165) is 38.0 Å². The van der Waals surface area contributed by atoms with Crippen molar-refractivity contribution >= 4 is 17.5 Å². The van der Waals surface area contributed by atoms with Gasteiger partial charge in [-0.15, -0.1) is 0 Å². The fourth-order valence-electron chi connectivity index (χ4n) is 3.63. The van der Waals surface area contributed by atoms with Crippen molar-refractivity contribution in [2.75, 3.05) is 24.5 Å². The van der Waals surface area contributed by atoms with Gasteiger partial charge < -0.3 is 9.80 Å². The lowest BCUT2D eigenvalue weighted by Crippen LogP contribution is -2.34. The van der Waals surface area contributed by atoms with Gasteiger partial charge in [0.15, 0.2) is 0 Å². The molecule has 2 aliphatic heterocycles. The summed E-state index contributed by atoms with van der Waals surface area (Å²) < 4.78 is 0. The SMILES string of the molecule is O=C(C1CC1)N1CC[C@]2(CC(=O)N(c3cccnc3)C2)C1. The second-order valence-electron chi connectivity index (χ2n) is 6.65. The standard InChI is InChI=1S/C16H19N3O2/c20-14-8-16(11-19(14)13-2-1-6-17-9-13)5-7-18(10-16)15(21)12-3-4-12/h1-2,6,9,12H,3-5,7-8,10-11H2/t16-/m0/s1. The highest BCUT2D eigenvalue weighted by atomic mass is 16.2. The number of nitrogens with zero attached hydrogens (tertiary/aromatic N) is 3. The average Bonchev–Trinajstić information content (AvgIpc) is 3.20. The third-order valence-electron chi connectivity index (χ3n) is 4.95. The number of pyridine rings is 1. The van der Waals surface area contributed by atoms with Gasteiger partial charge in [0.1, 0.15) is 0 Å². The molecule has 3 heterocycles. The highest BCUT2D eigenvalue weighted by Crippen LogP contribution is 2.43. The van der Waals surface area contributed by atoms with Gasteiger partial charge >= 0.3 is 0 Å². The van der Waals surface area contributed by atoms with Gasteiger partial charge in [0.05, 0.1) is 11.9 Å². The summed E-state index contributed by atoms with van der Waals surface area (Å²) >= 11 is 0. The van der Waals surface area contributed by atoms with Gasteiger partial charge in [0, 0.05) is 43.6 Å². The summed E-state index contributed by atoms with van der Waals surface area (Å²) in [6, 6.07) is 3.77. The van der Waals surface area contributed by atoms with E-state index in [0.29, 0.717) is 18.9 Å². The van der Waals surface area contributed by atoms with Crippen LogP contribution in [-0.2, 0) is 9.59 Å². The minimum absolute atomic E-state index is 0.0442. The van der Waals surface area contributed by atoms with Gasteiger partial charge in [-0.2, -0.15) is 0 Å². The lowest BCUT2D eigenvalue weighted by molar-refractivity contribution is -0.132. The van der Waals surface area contributed by atoms with Crippen molar-refractivity contribution in [3.63, 3.8) is 0 Å². The first-order valence-electron chi connectivity index (χ1n) is 7.66. The molecule has 5 nitrogen and oxygen atoms in total. The number of anilines is 1. The van der Waals surface area contributed by atoms with Crippen LogP contribution in [0.15, 0.2) is 24.5 Å². The van der Waals surface area contributed by atoms with Crippen LogP contribution in [0.4, 0.5) is 5.69 Å². The van der Waals surface area contributed by atoms with Gasteiger partial charge in [-0.1, -0.05) is 0 Å². The van der Waals surface area contributed by atoms with Crippen LogP contribution >= 0.6 is 0 Å². The van der Waals surface area contributed by atoms with Gasteiger partial charge in [0.25, 0.3) is 0 Å². The summed E-state index contributed by atoms with van der Waals surface area (Å²) in [6.45, 7) is 2.26. The molecule has 1 aromatic rings. The Balaban J connectivity index is 1.50. The van der Waals surface area contributed by atoms with E-state index >= 15 is 0 Å². The van der Waals surface area contributed by atoms with Crippen molar-refractivity contribution in [1.29, 1.82) is 0 Å². The number of hydrogen-bond acceptors (Lipinski definition) is 3. The molecule has 1 aliphatic carbocycles. The fourth-order valence-corrected chi connectivity index (χ4v) is 3.63. The van der Waals surface area contributed by atoms with Crippen LogP contribution in [0.3, 0.4) is 0 Å². The van der Waals surface area contributed by atoms with Crippen LogP contribution in [0, 0.1) is 11.3 Å². The van der Waals surface area contributed by atoms with Crippen molar-refractivity contribution in [3.05, 3.63) is 24.5 Å². The number of carbonyl (C=O) groups is 2. The maximum Gasteiger partial charge on any atom is 0.227 e. The summed E-state index contributed by atoms with van der Waals surface area (Å²) in [5, 5.41) is 0. The maximum absolute atomic E-state index is 12.4. The molecule has 1 saturated carbocycles. The van der Waals surface area contributed by atoms with Crippen LogP contribution in [-0.4, -0.2) is 41.3 Å². The highest BCUT2D eigenvalue weighted by Gasteiger charge is 2.50. The zero-order valence-electron chi connectivity index (χ0n) is 12.0. The molecule has 1 aromatic heterocycles. The van der Waals surface area contributed by atoms with Crippen molar-refractivity contribution in [3.8, 4) is 0 Å². The van der Waals surface area contributed by atoms with Crippen LogP contribution in [0.5, 0.6) is 0 Å². The van der Waals surface area contributed by atoms with E-state index < -0.39 is 0 Å². The first-order chi connectivity index (χ1) is 10.2. The van der Waals surface area contributed by atoms with E-state index in [1.54, 1.807) is 12.4 Å². The van der Waals surface area contributed by atoms with Crippen molar-refractivity contribution in [2.24, 2.45) is 11.3 Å². The molecule has 21 heavy (non-hydrogen) atoms. The summed E-state index contributed by atoms with van der Waals surface area (Å²) in [5.74, 6) is 0.731. The second kappa shape index (κ2) is 4.55. The molecule has 0 unspecified atom stereocenters. The van der Waals surface area contributed by atoms with Crippen molar-refractivity contribution in [1.82, 2.24) is 9.88 Å². The largest absolute Gasteiger partial charge is 0.342 e. The lowest BCUT2D eigenvalue weighted by atomic mass is 9.86. The van der Waals surface area contributed by atoms with Crippen LogP contribution in [0.2, 0.25) is 0 Å². The molecule has 1 atom stereocenters. The quantitative estimate of drug-likeness (QED) is 0.826. The van der Waals surface area contributed by atoms with E-state index in [2.05, 4.69) is 4.98 Å². The zero-order chi connectivity index (χ0) is 14.4. The van der Waals surface area contributed by atoms with Gasteiger partial charge in [-0.25, -0.2) is 0 Å². The minimum atomic E-state index is -0.0442. The third kappa shape index (κ3) is 2.20. The Bertz CT molecular complexity index is 584. The number of hydrogen-bond donors (Lipinski definition) is 0. The summed E-state index contributed by atoms with van der Waals surface area (Å²) in [7, 11) is 0. The monoisotopic (exact) mass is 285 g/mol. The summed E-state index contributed by atoms with van der Waals surface area (Å²) in [4.78, 5) is 32.5. The van der Waals surface area contributed by atoms with Crippen LogP contribution in [0.25, 0.3) is 0 Å².